The van der Waals surface area contributed by atoms with Gasteiger partial charge in [0.25, 0.3) is 11.6 Å². The van der Waals surface area contributed by atoms with Crippen LogP contribution >= 0.6 is 11.3 Å². The van der Waals surface area contributed by atoms with Gasteiger partial charge in [-0.15, -0.1) is 11.3 Å². The zero-order valence-corrected chi connectivity index (χ0v) is 16.1. The van der Waals surface area contributed by atoms with Gasteiger partial charge in [0.1, 0.15) is 5.69 Å². The Morgan fingerprint density at radius 3 is 2.29 bits per heavy atom. The number of alkyl halides is 3. The average molecular weight is 413 g/mol. The summed E-state index contributed by atoms with van der Waals surface area (Å²) in [6.07, 6.45) is -4.65. The van der Waals surface area contributed by atoms with E-state index in [9.17, 15) is 28.1 Å². The first kappa shape index (κ1) is 20.1. The number of piperazine rings is 1. The number of nitro benzene ring substituents is 1. The van der Waals surface area contributed by atoms with Crippen LogP contribution in [0.5, 0.6) is 0 Å². The molecule has 28 heavy (non-hydrogen) atoms. The molecule has 3 rings (SSSR count). The lowest BCUT2D eigenvalue weighted by Gasteiger charge is -2.36. The van der Waals surface area contributed by atoms with Gasteiger partial charge in [0, 0.05) is 42.0 Å². The minimum absolute atomic E-state index is 0.0941. The lowest BCUT2D eigenvalue weighted by Crippen LogP contribution is -2.49. The first-order chi connectivity index (χ1) is 13.1. The molecule has 10 heteroatoms. The summed E-state index contributed by atoms with van der Waals surface area (Å²) in [5.74, 6) is -0.0941. The maximum absolute atomic E-state index is 12.9. The molecule has 1 saturated heterocycles. The van der Waals surface area contributed by atoms with E-state index in [4.69, 9.17) is 0 Å². The van der Waals surface area contributed by atoms with Crippen molar-refractivity contribution in [1.29, 1.82) is 0 Å². The summed E-state index contributed by atoms with van der Waals surface area (Å²) in [4.78, 5) is 28.5. The number of hydrogen-bond donors (Lipinski definition) is 0. The molecule has 0 saturated carbocycles. The van der Waals surface area contributed by atoms with Crippen molar-refractivity contribution in [3.8, 4) is 0 Å². The summed E-state index contributed by atoms with van der Waals surface area (Å²) >= 11 is 1.54. The number of nitro groups is 1. The molecule has 0 radical (unpaired) electrons. The molecular weight excluding hydrogens is 395 g/mol. The molecular formula is C18H18F3N3O3S. The van der Waals surface area contributed by atoms with E-state index in [-0.39, 0.29) is 11.6 Å². The first-order valence-corrected chi connectivity index (χ1v) is 9.36. The van der Waals surface area contributed by atoms with Crippen LogP contribution in [0.15, 0.2) is 24.3 Å². The fourth-order valence-electron chi connectivity index (χ4n) is 3.28. The number of halogens is 3. The SMILES string of the molecule is Cc1cc(C(=O)N2CCN(c3ccc(C(F)(F)F)cc3[N+](=O)[O-])CC2)c(C)s1. The number of anilines is 1. The minimum atomic E-state index is -4.65. The highest BCUT2D eigenvalue weighted by molar-refractivity contribution is 7.12. The van der Waals surface area contributed by atoms with E-state index in [1.54, 1.807) is 21.1 Å². The number of rotatable bonds is 3. The van der Waals surface area contributed by atoms with Gasteiger partial charge in [0.15, 0.2) is 0 Å². The fraction of sp³-hybridized carbons (Fsp3) is 0.389. The van der Waals surface area contributed by atoms with Crippen molar-refractivity contribution in [3.05, 3.63) is 55.3 Å². The summed E-state index contributed by atoms with van der Waals surface area (Å²) in [6.45, 7) is 5.10. The van der Waals surface area contributed by atoms with E-state index in [1.807, 2.05) is 19.9 Å². The lowest BCUT2D eigenvalue weighted by molar-refractivity contribution is -0.384. The highest BCUT2D eigenvalue weighted by Crippen LogP contribution is 2.37. The average Bonchev–Trinajstić information content (AvgIpc) is 2.98. The van der Waals surface area contributed by atoms with Crippen molar-refractivity contribution in [3.63, 3.8) is 0 Å². The second kappa shape index (κ2) is 7.42. The molecule has 1 amide bonds. The Labute approximate surface area is 163 Å². The molecule has 0 aliphatic carbocycles. The Bertz CT molecular complexity index is 919. The second-order valence-electron chi connectivity index (χ2n) is 6.56. The zero-order valence-electron chi connectivity index (χ0n) is 15.2. The van der Waals surface area contributed by atoms with Gasteiger partial charge in [-0.3, -0.25) is 14.9 Å². The molecule has 1 fully saturated rings. The summed E-state index contributed by atoms with van der Waals surface area (Å²) in [5.41, 5.74) is -0.858. The molecule has 0 bridgehead atoms. The largest absolute Gasteiger partial charge is 0.416 e. The third-order valence-corrected chi connectivity index (χ3v) is 5.64. The van der Waals surface area contributed by atoms with Gasteiger partial charge in [-0.05, 0) is 32.0 Å². The Hall–Kier alpha value is -2.62. The summed E-state index contributed by atoms with van der Waals surface area (Å²) in [7, 11) is 0. The summed E-state index contributed by atoms with van der Waals surface area (Å²) in [6, 6.07) is 4.38. The molecule has 0 N–H and O–H groups in total. The van der Waals surface area contributed by atoms with Gasteiger partial charge < -0.3 is 9.80 Å². The number of carbonyl (C=O) groups is 1. The van der Waals surface area contributed by atoms with Crippen LogP contribution < -0.4 is 4.90 Å². The molecule has 0 spiro atoms. The molecule has 1 aliphatic heterocycles. The van der Waals surface area contributed by atoms with Crippen LogP contribution in [-0.4, -0.2) is 41.9 Å². The third-order valence-electron chi connectivity index (χ3n) is 4.68. The van der Waals surface area contributed by atoms with E-state index >= 15 is 0 Å². The molecule has 1 aromatic carbocycles. The minimum Gasteiger partial charge on any atom is -0.362 e. The van der Waals surface area contributed by atoms with Crippen LogP contribution in [0.25, 0.3) is 0 Å². The van der Waals surface area contributed by atoms with Crippen LogP contribution in [0, 0.1) is 24.0 Å². The Morgan fingerprint density at radius 2 is 1.79 bits per heavy atom. The van der Waals surface area contributed by atoms with Crippen molar-refractivity contribution in [1.82, 2.24) is 4.90 Å². The van der Waals surface area contributed by atoms with Crippen molar-refractivity contribution < 1.29 is 22.9 Å². The van der Waals surface area contributed by atoms with Crippen LogP contribution in [0.4, 0.5) is 24.5 Å². The normalized spacial score (nSPS) is 15.0. The topological polar surface area (TPSA) is 66.7 Å². The van der Waals surface area contributed by atoms with Crippen LogP contribution in [-0.2, 0) is 6.18 Å². The maximum atomic E-state index is 12.9. The monoisotopic (exact) mass is 413 g/mol. The third kappa shape index (κ3) is 3.96. The Morgan fingerprint density at radius 1 is 1.14 bits per heavy atom. The molecule has 1 aromatic heterocycles. The predicted octanol–water partition coefficient (Wildman–Crippen LogP) is 4.25. The standard InChI is InChI=1S/C18H18F3N3O3S/c1-11-9-14(12(2)28-11)17(25)23-7-5-22(6-8-23)15-4-3-13(18(19,20)21)10-16(15)24(26)27/h3-4,9-10H,5-8H2,1-2H3. The fourth-order valence-corrected chi connectivity index (χ4v) is 4.19. The number of thiophene rings is 1. The van der Waals surface area contributed by atoms with Crippen molar-refractivity contribution in [2.24, 2.45) is 0 Å². The molecule has 6 nitrogen and oxygen atoms in total. The first-order valence-electron chi connectivity index (χ1n) is 8.55. The zero-order chi connectivity index (χ0) is 20.6. The molecule has 150 valence electrons. The van der Waals surface area contributed by atoms with Crippen molar-refractivity contribution >= 4 is 28.6 Å². The highest BCUT2D eigenvalue weighted by atomic mass is 32.1. The number of aryl methyl sites for hydroxylation is 2. The molecule has 1 aliphatic rings. The Kier molecular flexibility index (Phi) is 5.33. The van der Waals surface area contributed by atoms with E-state index in [0.717, 1.165) is 21.9 Å². The summed E-state index contributed by atoms with van der Waals surface area (Å²) < 4.78 is 38.6. The highest BCUT2D eigenvalue weighted by Gasteiger charge is 2.34. The van der Waals surface area contributed by atoms with Crippen molar-refractivity contribution in [2.45, 2.75) is 20.0 Å². The van der Waals surface area contributed by atoms with E-state index < -0.39 is 22.4 Å². The Balaban J connectivity index is 1.77. The smallest absolute Gasteiger partial charge is 0.362 e. The van der Waals surface area contributed by atoms with E-state index in [0.29, 0.717) is 37.8 Å². The second-order valence-corrected chi connectivity index (χ2v) is 8.02. The van der Waals surface area contributed by atoms with Gasteiger partial charge in [0.2, 0.25) is 0 Å². The number of carbonyl (C=O) groups excluding carboxylic acids is 1. The number of nitrogens with zero attached hydrogens (tertiary/aromatic N) is 3. The van der Waals surface area contributed by atoms with E-state index in [2.05, 4.69) is 0 Å². The van der Waals surface area contributed by atoms with Gasteiger partial charge in [-0.1, -0.05) is 0 Å². The van der Waals surface area contributed by atoms with Gasteiger partial charge in [0.05, 0.1) is 16.1 Å². The lowest BCUT2D eigenvalue weighted by atomic mass is 10.1. The van der Waals surface area contributed by atoms with Crippen LogP contribution in [0.3, 0.4) is 0 Å². The molecule has 2 heterocycles. The van der Waals surface area contributed by atoms with Crippen LogP contribution in [0.2, 0.25) is 0 Å². The molecule has 0 unspecified atom stereocenters. The predicted molar refractivity (Wildman–Crippen MR) is 100 cm³/mol. The number of amides is 1. The van der Waals surface area contributed by atoms with Gasteiger partial charge >= 0.3 is 6.18 Å². The van der Waals surface area contributed by atoms with Crippen LogP contribution in [0.1, 0.15) is 25.7 Å². The van der Waals surface area contributed by atoms with Gasteiger partial charge in [-0.2, -0.15) is 13.2 Å². The maximum Gasteiger partial charge on any atom is 0.416 e. The molecule has 2 aromatic rings. The van der Waals surface area contributed by atoms with E-state index in [1.165, 1.54) is 0 Å². The molecule has 0 atom stereocenters. The number of benzene rings is 1. The summed E-state index contributed by atoms with van der Waals surface area (Å²) in [5, 5.41) is 11.3. The quantitative estimate of drug-likeness (QED) is 0.557. The van der Waals surface area contributed by atoms with Gasteiger partial charge in [-0.25, -0.2) is 0 Å². The number of hydrogen-bond acceptors (Lipinski definition) is 5. The van der Waals surface area contributed by atoms with Crippen molar-refractivity contribution in [2.75, 3.05) is 31.1 Å².